The molecule has 1 aromatic heterocycles. The maximum absolute atomic E-state index is 6.08. The minimum absolute atomic E-state index is 0. The molecule has 0 unspecified atom stereocenters. The molecule has 0 atom stereocenters. The maximum Gasteiger partial charge on any atom is 0.214 e. The van der Waals surface area contributed by atoms with Crippen molar-refractivity contribution in [2.45, 2.75) is 65.1 Å². The highest BCUT2D eigenvalue weighted by Gasteiger charge is 2.14. The van der Waals surface area contributed by atoms with Crippen molar-refractivity contribution in [1.29, 1.82) is 0 Å². The number of aryl methyl sites for hydroxylation is 2. The van der Waals surface area contributed by atoms with E-state index in [-0.39, 0.29) is 24.0 Å². The van der Waals surface area contributed by atoms with Gasteiger partial charge in [-0.05, 0) is 57.2 Å². The SMILES string of the molecule is CN=C(NCc1ccc(OC2CCCCC2)cc1)NCc1nc(C)c(C)o1.I. The van der Waals surface area contributed by atoms with Crippen LogP contribution in [0.1, 0.15) is 55.0 Å². The van der Waals surface area contributed by atoms with Gasteiger partial charge in [0.15, 0.2) is 5.96 Å². The number of ether oxygens (including phenoxy) is 1. The number of aromatic nitrogens is 1. The Bertz CT molecular complexity index is 733. The van der Waals surface area contributed by atoms with Crippen molar-refractivity contribution in [2.24, 2.45) is 4.99 Å². The van der Waals surface area contributed by atoms with E-state index in [2.05, 4.69) is 44.9 Å². The van der Waals surface area contributed by atoms with Crippen molar-refractivity contribution in [3.63, 3.8) is 0 Å². The van der Waals surface area contributed by atoms with Crippen molar-refractivity contribution < 1.29 is 9.15 Å². The Balaban J connectivity index is 0.00000280. The summed E-state index contributed by atoms with van der Waals surface area (Å²) in [6.07, 6.45) is 6.64. The Hall–Kier alpha value is -1.77. The first-order valence-electron chi connectivity index (χ1n) is 9.77. The Kier molecular flexibility index (Phi) is 9.08. The van der Waals surface area contributed by atoms with Crippen LogP contribution in [0.3, 0.4) is 0 Å². The molecule has 2 N–H and O–H groups in total. The van der Waals surface area contributed by atoms with Crippen LogP contribution < -0.4 is 15.4 Å². The molecule has 0 saturated heterocycles. The lowest BCUT2D eigenvalue weighted by molar-refractivity contribution is 0.155. The average Bonchev–Trinajstić information content (AvgIpc) is 3.01. The number of halogens is 1. The van der Waals surface area contributed by atoms with Crippen LogP contribution in [0.5, 0.6) is 5.75 Å². The maximum atomic E-state index is 6.08. The fourth-order valence-corrected chi connectivity index (χ4v) is 3.24. The van der Waals surface area contributed by atoms with E-state index < -0.39 is 0 Å². The molecule has 7 heteroatoms. The first kappa shape index (κ1) is 22.5. The molecule has 0 spiro atoms. The second-order valence-corrected chi connectivity index (χ2v) is 7.05. The van der Waals surface area contributed by atoms with Crippen molar-refractivity contribution in [3.05, 3.63) is 47.2 Å². The monoisotopic (exact) mass is 498 g/mol. The van der Waals surface area contributed by atoms with Gasteiger partial charge in [-0.25, -0.2) is 4.98 Å². The first-order chi connectivity index (χ1) is 13.1. The van der Waals surface area contributed by atoms with E-state index in [4.69, 9.17) is 9.15 Å². The minimum Gasteiger partial charge on any atom is -0.490 e. The first-order valence-corrected chi connectivity index (χ1v) is 9.77. The summed E-state index contributed by atoms with van der Waals surface area (Å²) in [7, 11) is 1.75. The standard InChI is InChI=1S/C21H30N4O2.HI/c1-15-16(2)26-20(25-15)14-24-21(22-3)23-13-17-9-11-19(12-10-17)27-18-7-5-4-6-8-18;/h9-12,18H,4-8,13-14H2,1-3H3,(H2,22,23,24);1H. The molecule has 0 aliphatic heterocycles. The summed E-state index contributed by atoms with van der Waals surface area (Å²) >= 11 is 0. The fourth-order valence-electron chi connectivity index (χ4n) is 3.24. The molecule has 0 bridgehead atoms. The number of guanidine groups is 1. The molecule has 3 rings (SSSR count). The van der Waals surface area contributed by atoms with E-state index in [1.807, 2.05) is 13.8 Å². The molecule has 0 amide bonds. The molecular weight excluding hydrogens is 467 g/mol. The number of hydrogen-bond acceptors (Lipinski definition) is 4. The van der Waals surface area contributed by atoms with Gasteiger partial charge in [-0.1, -0.05) is 18.6 Å². The van der Waals surface area contributed by atoms with Gasteiger partial charge in [-0.15, -0.1) is 24.0 Å². The molecule has 1 aliphatic rings. The van der Waals surface area contributed by atoms with E-state index in [0.717, 1.165) is 17.2 Å². The lowest BCUT2D eigenvalue weighted by Crippen LogP contribution is -2.36. The molecule has 154 valence electrons. The number of benzene rings is 1. The summed E-state index contributed by atoms with van der Waals surface area (Å²) in [6, 6.07) is 8.30. The number of nitrogens with zero attached hydrogens (tertiary/aromatic N) is 2. The van der Waals surface area contributed by atoms with E-state index >= 15 is 0 Å². The highest BCUT2D eigenvalue weighted by Crippen LogP contribution is 2.23. The molecule has 1 saturated carbocycles. The summed E-state index contributed by atoms with van der Waals surface area (Å²) in [5.41, 5.74) is 2.10. The summed E-state index contributed by atoms with van der Waals surface area (Å²) in [5.74, 6) is 3.19. The molecule has 6 nitrogen and oxygen atoms in total. The van der Waals surface area contributed by atoms with Crippen LogP contribution in [0.2, 0.25) is 0 Å². The van der Waals surface area contributed by atoms with Gasteiger partial charge in [0.1, 0.15) is 11.5 Å². The molecule has 1 fully saturated rings. The number of nitrogens with one attached hydrogen (secondary N) is 2. The Morgan fingerprint density at radius 3 is 2.39 bits per heavy atom. The average molecular weight is 498 g/mol. The van der Waals surface area contributed by atoms with Crippen LogP contribution in [0.25, 0.3) is 0 Å². The second kappa shape index (κ2) is 11.3. The van der Waals surface area contributed by atoms with Gasteiger partial charge >= 0.3 is 0 Å². The highest BCUT2D eigenvalue weighted by atomic mass is 127. The van der Waals surface area contributed by atoms with Gasteiger partial charge < -0.3 is 19.8 Å². The fraction of sp³-hybridized carbons (Fsp3) is 0.524. The lowest BCUT2D eigenvalue weighted by Gasteiger charge is -2.23. The Labute approximate surface area is 184 Å². The predicted octanol–water partition coefficient (Wildman–Crippen LogP) is 4.49. The van der Waals surface area contributed by atoms with Gasteiger partial charge in [0.2, 0.25) is 5.89 Å². The predicted molar refractivity (Wildman–Crippen MR) is 122 cm³/mol. The third-order valence-electron chi connectivity index (χ3n) is 4.94. The highest BCUT2D eigenvalue weighted by molar-refractivity contribution is 14.0. The molecule has 28 heavy (non-hydrogen) atoms. The molecule has 0 radical (unpaired) electrons. The molecule has 1 aliphatic carbocycles. The third kappa shape index (κ3) is 6.68. The van der Waals surface area contributed by atoms with Gasteiger partial charge in [0, 0.05) is 13.6 Å². The topological polar surface area (TPSA) is 71.7 Å². The molecular formula is C21H31IN4O2. The quantitative estimate of drug-likeness (QED) is 0.349. The Morgan fingerprint density at radius 1 is 1.11 bits per heavy atom. The number of oxazole rings is 1. The zero-order chi connectivity index (χ0) is 19.1. The van der Waals surface area contributed by atoms with E-state index in [0.29, 0.717) is 31.0 Å². The third-order valence-corrected chi connectivity index (χ3v) is 4.94. The van der Waals surface area contributed by atoms with Gasteiger partial charge in [0.25, 0.3) is 0 Å². The largest absolute Gasteiger partial charge is 0.490 e. The van der Waals surface area contributed by atoms with Crippen molar-refractivity contribution >= 4 is 29.9 Å². The van der Waals surface area contributed by atoms with Crippen LogP contribution in [0.15, 0.2) is 33.7 Å². The van der Waals surface area contributed by atoms with Crippen LogP contribution in [-0.4, -0.2) is 24.1 Å². The number of rotatable bonds is 6. The van der Waals surface area contributed by atoms with Crippen LogP contribution in [0, 0.1) is 13.8 Å². The van der Waals surface area contributed by atoms with Crippen LogP contribution in [0.4, 0.5) is 0 Å². The number of aliphatic imine (C=N–C) groups is 1. The van der Waals surface area contributed by atoms with Crippen molar-refractivity contribution in [3.8, 4) is 5.75 Å². The summed E-state index contributed by atoms with van der Waals surface area (Å²) < 4.78 is 11.7. The summed E-state index contributed by atoms with van der Waals surface area (Å²) in [6.45, 7) is 5.05. The van der Waals surface area contributed by atoms with Crippen molar-refractivity contribution in [2.75, 3.05) is 7.05 Å². The van der Waals surface area contributed by atoms with E-state index in [9.17, 15) is 0 Å². The minimum atomic E-state index is 0. The molecule has 1 heterocycles. The normalized spacial score (nSPS) is 15.0. The zero-order valence-electron chi connectivity index (χ0n) is 17.0. The zero-order valence-corrected chi connectivity index (χ0v) is 19.3. The van der Waals surface area contributed by atoms with Gasteiger partial charge in [0.05, 0.1) is 18.3 Å². The lowest BCUT2D eigenvalue weighted by atomic mass is 9.98. The van der Waals surface area contributed by atoms with Crippen molar-refractivity contribution in [1.82, 2.24) is 15.6 Å². The van der Waals surface area contributed by atoms with Crippen LogP contribution in [-0.2, 0) is 13.1 Å². The number of hydrogen-bond donors (Lipinski definition) is 2. The van der Waals surface area contributed by atoms with Crippen LogP contribution >= 0.6 is 24.0 Å². The molecule has 2 aromatic rings. The van der Waals surface area contributed by atoms with Gasteiger partial charge in [-0.3, -0.25) is 4.99 Å². The summed E-state index contributed by atoms with van der Waals surface area (Å²) in [5, 5.41) is 6.53. The van der Waals surface area contributed by atoms with E-state index in [1.54, 1.807) is 7.05 Å². The molecule has 1 aromatic carbocycles. The Morgan fingerprint density at radius 2 is 1.79 bits per heavy atom. The van der Waals surface area contributed by atoms with Gasteiger partial charge in [-0.2, -0.15) is 0 Å². The second-order valence-electron chi connectivity index (χ2n) is 7.05. The summed E-state index contributed by atoms with van der Waals surface area (Å²) in [4.78, 5) is 8.61. The van der Waals surface area contributed by atoms with E-state index in [1.165, 1.54) is 37.7 Å². The smallest absolute Gasteiger partial charge is 0.214 e.